The van der Waals surface area contributed by atoms with Crippen LogP contribution >= 0.6 is 34.5 Å². The van der Waals surface area contributed by atoms with E-state index in [0.717, 1.165) is 15.5 Å². The molecule has 1 aromatic heterocycles. The van der Waals surface area contributed by atoms with E-state index in [2.05, 4.69) is 0 Å². The average Bonchev–Trinajstić information content (AvgIpc) is 3.33. The molecule has 0 aliphatic carbocycles. The zero-order chi connectivity index (χ0) is 20.5. The van der Waals surface area contributed by atoms with Gasteiger partial charge in [-0.15, -0.1) is 11.3 Å². The van der Waals surface area contributed by atoms with Crippen LogP contribution in [0.5, 0.6) is 0 Å². The zero-order valence-electron chi connectivity index (χ0n) is 15.4. The number of para-hydroxylation sites is 1. The van der Waals surface area contributed by atoms with Gasteiger partial charge in [-0.3, -0.25) is 9.59 Å². The lowest BCUT2D eigenvalue weighted by atomic mass is 10.1. The van der Waals surface area contributed by atoms with Gasteiger partial charge in [-0.1, -0.05) is 47.5 Å². The number of imide groups is 1. The summed E-state index contributed by atoms with van der Waals surface area (Å²) in [5, 5.41) is 2.56. The van der Waals surface area contributed by atoms with Gasteiger partial charge in [-0.2, -0.15) is 0 Å². The highest BCUT2D eigenvalue weighted by Crippen LogP contribution is 2.40. The van der Waals surface area contributed by atoms with E-state index in [1.165, 1.54) is 17.4 Å². The number of thiophene rings is 1. The molecule has 0 radical (unpaired) electrons. The summed E-state index contributed by atoms with van der Waals surface area (Å²) >= 11 is 13.9. The number of carbonyl (C=O) groups excluding carboxylic acids is 2. The molecular formula is C22H16Cl2N2O2S. The minimum absolute atomic E-state index is 0.280. The van der Waals surface area contributed by atoms with Gasteiger partial charge in [-0.25, -0.2) is 4.90 Å². The van der Waals surface area contributed by atoms with Crippen molar-refractivity contribution in [3.8, 4) is 0 Å². The maximum atomic E-state index is 13.6. The summed E-state index contributed by atoms with van der Waals surface area (Å²) in [5.41, 5.74) is 1.82. The summed E-state index contributed by atoms with van der Waals surface area (Å²) in [6.07, 6.45) is 0. The van der Waals surface area contributed by atoms with Gasteiger partial charge >= 0.3 is 0 Å². The standard InChI is InChI=1S/C22H16Cl2N2O2S/c1-2-25(15-7-4-3-5-8-15)20-19(18-9-6-12-29-18)21(27)26(22(20)28)17-13-14(23)10-11-16(17)24/h3-13H,2H2,1H3. The molecule has 2 amide bonds. The number of rotatable bonds is 5. The van der Waals surface area contributed by atoms with Crippen LogP contribution in [0.2, 0.25) is 10.0 Å². The first-order chi connectivity index (χ1) is 14.0. The number of carbonyl (C=O) groups is 2. The Morgan fingerprint density at radius 2 is 1.72 bits per heavy atom. The molecule has 0 fully saturated rings. The Balaban J connectivity index is 1.91. The normalized spacial score (nSPS) is 14.1. The quantitative estimate of drug-likeness (QED) is 0.464. The van der Waals surface area contributed by atoms with Crippen molar-refractivity contribution >= 4 is 63.3 Å². The van der Waals surface area contributed by atoms with E-state index in [-0.39, 0.29) is 10.7 Å². The number of amides is 2. The fourth-order valence-electron chi connectivity index (χ4n) is 3.37. The highest BCUT2D eigenvalue weighted by atomic mass is 35.5. The summed E-state index contributed by atoms with van der Waals surface area (Å²) in [4.78, 5) is 30.7. The maximum absolute atomic E-state index is 13.6. The molecule has 0 unspecified atom stereocenters. The van der Waals surface area contributed by atoms with Crippen molar-refractivity contribution in [3.05, 3.63) is 86.7 Å². The molecule has 0 atom stereocenters. The molecule has 0 saturated carbocycles. The lowest BCUT2D eigenvalue weighted by Gasteiger charge is -2.25. The summed E-state index contributed by atoms with van der Waals surface area (Å²) in [7, 11) is 0. The van der Waals surface area contributed by atoms with Gasteiger partial charge in [0.2, 0.25) is 0 Å². The smallest absolute Gasteiger partial charge is 0.282 e. The van der Waals surface area contributed by atoms with Crippen LogP contribution in [0, 0.1) is 0 Å². The van der Waals surface area contributed by atoms with E-state index >= 15 is 0 Å². The topological polar surface area (TPSA) is 40.6 Å². The SMILES string of the molecule is CCN(C1=C(c2cccs2)C(=O)N(c2cc(Cl)ccc2Cl)C1=O)c1ccccc1. The summed E-state index contributed by atoms with van der Waals surface area (Å²) in [5.74, 6) is -0.834. The van der Waals surface area contributed by atoms with E-state index in [1.807, 2.05) is 59.7 Å². The molecule has 2 heterocycles. The highest BCUT2D eigenvalue weighted by molar-refractivity contribution is 7.11. The van der Waals surface area contributed by atoms with Gasteiger partial charge < -0.3 is 4.90 Å². The Morgan fingerprint density at radius 3 is 2.38 bits per heavy atom. The fraction of sp³-hybridized carbons (Fsp3) is 0.0909. The van der Waals surface area contributed by atoms with Crippen LogP contribution in [-0.2, 0) is 9.59 Å². The highest BCUT2D eigenvalue weighted by Gasteiger charge is 2.43. The van der Waals surface area contributed by atoms with E-state index in [9.17, 15) is 9.59 Å². The van der Waals surface area contributed by atoms with E-state index in [4.69, 9.17) is 23.2 Å². The van der Waals surface area contributed by atoms with Gasteiger partial charge in [0.05, 0.1) is 16.3 Å². The molecule has 3 aromatic rings. The molecule has 7 heteroatoms. The number of nitrogens with zero attached hydrogens (tertiary/aromatic N) is 2. The van der Waals surface area contributed by atoms with Gasteiger partial charge in [0.25, 0.3) is 11.8 Å². The van der Waals surface area contributed by atoms with Crippen molar-refractivity contribution < 1.29 is 9.59 Å². The molecule has 29 heavy (non-hydrogen) atoms. The Kier molecular flexibility index (Phi) is 5.46. The minimum atomic E-state index is -0.423. The maximum Gasteiger partial charge on any atom is 0.282 e. The first kappa shape index (κ1) is 19.7. The molecular weight excluding hydrogens is 427 g/mol. The molecule has 4 rings (SSSR count). The van der Waals surface area contributed by atoms with Gasteiger partial charge in [0.15, 0.2) is 0 Å². The van der Waals surface area contributed by atoms with Crippen molar-refractivity contribution in [3.63, 3.8) is 0 Å². The largest absolute Gasteiger partial charge is 0.337 e. The number of hydrogen-bond acceptors (Lipinski definition) is 4. The fourth-order valence-corrected chi connectivity index (χ4v) is 4.50. The predicted molar refractivity (Wildman–Crippen MR) is 120 cm³/mol. The summed E-state index contributed by atoms with van der Waals surface area (Å²) in [6.45, 7) is 2.46. The molecule has 4 nitrogen and oxygen atoms in total. The van der Waals surface area contributed by atoms with Crippen LogP contribution in [0.15, 0.2) is 71.7 Å². The predicted octanol–water partition coefficient (Wildman–Crippen LogP) is 5.87. The number of benzene rings is 2. The van der Waals surface area contributed by atoms with E-state index in [0.29, 0.717) is 22.8 Å². The monoisotopic (exact) mass is 442 g/mol. The number of hydrogen-bond donors (Lipinski definition) is 0. The summed E-state index contributed by atoms with van der Waals surface area (Å²) < 4.78 is 0. The van der Waals surface area contributed by atoms with Crippen LogP contribution in [0.3, 0.4) is 0 Å². The minimum Gasteiger partial charge on any atom is -0.337 e. The number of likely N-dealkylation sites (N-methyl/N-ethyl adjacent to an activating group) is 1. The molecule has 1 aliphatic heterocycles. The van der Waals surface area contributed by atoms with Crippen LogP contribution < -0.4 is 9.80 Å². The van der Waals surface area contributed by atoms with Gasteiger partial charge in [-0.05, 0) is 48.7 Å². The first-order valence-corrected chi connectivity index (χ1v) is 10.6. The van der Waals surface area contributed by atoms with Crippen LogP contribution in [0.25, 0.3) is 5.57 Å². The second-order valence-corrected chi connectivity index (χ2v) is 8.11. The van der Waals surface area contributed by atoms with Gasteiger partial charge in [0, 0.05) is 22.1 Å². The Morgan fingerprint density at radius 1 is 0.966 bits per heavy atom. The molecule has 0 bridgehead atoms. The molecule has 0 N–H and O–H groups in total. The van der Waals surface area contributed by atoms with Crippen LogP contribution in [0.4, 0.5) is 11.4 Å². The van der Waals surface area contributed by atoms with Crippen molar-refractivity contribution in [2.45, 2.75) is 6.92 Å². The average molecular weight is 443 g/mol. The molecule has 0 saturated heterocycles. The van der Waals surface area contributed by atoms with E-state index in [1.54, 1.807) is 12.1 Å². The molecule has 1 aliphatic rings. The van der Waals surface area contributed by atoms with Crippen molar-refractivity contribution in [2.24, 2.45) is 0 Å². The second kappa shape index (κ2) is 8.03. The number of anilines is 2. The lowest BCUT2D eigenvalue weighted by molar-refractivity contribution is -0.120. The Labute approximate surface area is 182 Å². The summed E-state index contributed by atoms with van der Waals surface area (Å²) in [6, 6.07) is 18.0. The molecule has 0 spiro atoms. The third-order valence-electron chi connectivity index (χ3n) is 4.63. The van der Waals surface area contributed by atoms with Crippen LogP contribution in [0.1, 0.15) is 11.8 Å². The Bertz CT molecular complexity index is 1110. The zero-order valence-corrected chi connectivity index (χ0v) is 17.8. The third kappa shape index (κ3) is 3.46. The lowest BCUT2D eigenvalue weighted by Crippen LogP contribution is -2.35. The van der Waals surface area contributed by atoms with Crippen molar-refractivity contribution in [1.82, 2.24) is 0 Å². The van der Waals surface area contributed by atoms with Crippen molar-refractivity contribution in [2.75, 3.05) is 16.3 Å². The first-order valence-electron chi connectivity index (χ1n) is 8.97. The van der Waals surface area contributed by atoms with Crippen molar-refractivity contribution in [1.29, 1.82) is 0 Å². The second-order valence-electron chi connectivity index (χ2n) is 6.32. The van der Waals surface area contributed by atoms with E-state index < -0.39 is 11.8 Å². The third-order valence-corrected chi connectivity index (χ3v) is 6.07. The number of halogens is 2. The van der Waals surface area contributed by atoms with Crippen LogP contribution in [-0.4, -0.2) is 18.4 Å². The Hall–Kier alpha value is -2.60. The molecule has 146 valence electrons. The van der Waals surface area contributed by atoms with Gasteiger partial charge in [0.1, 0.15) is 5.70 Å². The molecule has 2 aromatic carbocycles.